The Hall–Kier alpha value is -1.59. The molecule has 0 heterocycles. The molecule has 0 aliphatic carbocycles. The highest BCUT2D eigenvalue weighted by Crippen LogP contribution is 2.19. The van der Waals surface area contributed by atoms with Crippen LogP contribution in [-0.4, -0.2) is 37.2 Å². The fourth-order valence-corrected chi connectivity index (χ4v) is 9.34. The molecule has 67 heavy (non-hydrogen) atoms. The van der Waals surface area contributed by atoms with Crippen LogP contribution in [-0.2, 0) is 28.6 Å². The Morgan fingerprint density at radius 2 is 0.522 bits per heavy atom. The SMILES string of the molecule is CCCCCCCCCCCCCCCC(=O)OC[C@H](COC(=O)CCCCCCCCCCCCCCCCC(C)CC)OC(=O)CCCCCCCCCCCCCCCCC(C)CC. The summed E-state index contributed by atoms with van der Waals surface area (Å²) in [6.07, 6.45) is 57.9. The molecule has 3 atom stereocenters. The van der Waals surface area contributed by atoms with Gasteiger partial charge in [-0.1, -0.05) is 304 Å². The van der Waals surface area contributed by atoms with Crippen molar-refractivity contribution >= 4 is 17.9 Å². The first-order chi connectivity index (χ1) is 32.8. The normalized spacial score (nSPS) is 12.9. The van der Waals surface area contributed by atoms with Crippen LogP contribution in [0.25, 0.3) is 0 Å². The molecule has 0 amide bonds. The van der Waals surface area contributed by atoms with E-state index >= 15 is 0 Å². The minimum atomic E-state index is -0.763. The molecule has 0 fully saturated rings. The van der Waals surface area contributed by atoms with Crippen molar-refractivity contribution in [2.75, 3.05) is 13.2 Å². The summed E-state index contributed by atoms with van der Waals surface area (Å²) >= 11 is 0. The Labute approximate surface area is 418 Å². The first-order valence-corrected chi connectivity index (χ1v) is 30.3. The van der Waals surface area contributed by atoms with Crippen LogP contribution in [0.5, 0.6) is 0 Å². The predicted molar refractivity (Wildman–Crippen MR) is 289 cm³/mol. The van der Waals surface area contributed by atoms with Gasteiger partial charge in [-0.2, -0.15) is 0 Å². The smallest absolute Gasteiger partial charge is 0.306 e. The molecule has 2 unspecified atom stereocenters. The zero-order chi connectivity index (χ0) is 48.9. The summed E-state index contributed by atoms with van der Waals surface area (Å²) in [4.78, 5) is 38.2. The molecule has 0 bridgehead atoms. The maximum atomic E-state index is 12.9. The van der Waals surface area contributed by atoms with Crippen LogP contribution >= 0.6 is 0 Å². The number of rotatable bonds is 55. The predicted octanol–water partition coefficient (Wildman–Crippen LogP) is 20.0. The van der Waals surface area contributed by atoms with Gasteiger partial charge in [0.2, 0.25) is 0 Å². The molecule has 0 radical (unpaired) electrons. The summed E-state index contributed by atoms with van der Waals surface area (Å²) in [5.41, 5.74) is 0. The van der Waals surface area contributed by atoms with Gasteiger partial charge in [-0.05, 0) is 31.1 Å². The highest BCUT2D eigenvalue weighted by molar-refractivity contribution is 5.71. The van der Waals surface area contributed by atoms with Gasteiger partial charge >= 0.3 is 17.9 Å². The van der Waals surface area contributed by atoms with Crippen LogP contribution in [0.4, 0.5) is 0 Å². The quantitative estimate of drug-likeness (QED) is 0.0343. The molecule has 0 aliphatic rings. The van der Waals surface area contributed by atoms with Crippen LogP contribution in [0.3, 0.4) is 0 Å². The third-order valence-electron chi connectivity index (χ3n) is 14.7. The second kappa shape index (κ2) is 53.8. The van der Waals surface area contributed by atoms with E-state index in [9.17, 15) is 14.4 Å². The van der Waals surface area contributed by atoms with E-state index in [2.05, 4.69) is 34.6 Å². The molecule has 6 heteroatoms. The van der Waals surface area contributed by atoms with Crippen molar-refractivity contribution in [1.82, 2.24) is 0 Å². The molecular formula is C61H118O6. The van der Waals surface area contributed by atoms with Crippen LogP contribution in [0.1, 0.15) is 343 Å². The number of ether oxygens (including phenoxy) is 3. The standard InChI is InChI=1S/C61H118O6/c1-6-9-10-11-12-13-14-19-26-31-36-41-46-51-59(62)65-54-58(67-61(64)53-48-43-38-33-28-23-18-16-21-25-30-35-40-45-50-57(5)8-3)55-66-60(63)52-47-42-37-32-27-22-17-15-20-24-29-34-39-44-49-56(4)7-2/h56-58H,6-55H2,1-5H3/t56?,57?,58-/m1/s1. The summed E-state index contributed by atoms with van der Waals surface area (Å²) in [7, 11) is 0. The van der Waals surface area contributed by atoms with Gasteiger partial charge in [0.05, 0.1) is 0 Å². The van der Waals surface area contributed by atoms with Crippen molar-refractivity contribution in [3.05, 3.63) is 0 Å². The van der Waals surface area contributed by atoms with Crippen molar-refractivity contribution in [1.29, 1.82) is 0 Å². The van der Waals surface area contributed by atoms with E-state index in [1.54, 1.807) is 0 Å². The molecule has 0 rings (SSSR count). The molecule has 6 nitrogen and oxygen atoms in total. The summed E-state index contributed by atoms with van der Waals surface area (Å²) in [5.74, 6) is 0.955. The van der Waals surface area contributed by atoms with E-state index in [1.165, 1.54) is 231 Å². The Morgan fingerprint density at radius 1 is 0.299 bits per heavy atom. The molecule has 0 aromatic rings. The zero-order valence-corrected chi connectivity index (χ0v) is 46.0. The second-order valence-corrected chi connectivity index (χ2v) is 21.5. The Kier molecular flexibility index (Phi) is 52.5. The van der Waals surface area contributed by atoms with Gasteiger partial charge in [-0.3, -0.25) is 14.4 Å². The van der Waals surface area contributed by atoms with Crippen LogP contribution in [0.2, 0.25) is 0 Å². The van der Waals surface area contributed by atoms with E-state index in [0.29, 0.717) is 19.3 Å². The molecule has 0 N–H and O–H groups in total. The third-order valence-corrected chi connectivity index (χ3v) is 14.7. The van der Waals surface area contributed by atoms with Crippen LogP contribution < -0.4 is 0 Å². The topological polar surface area (TPSA) is 78.9 Å². The summed E-state index contributed by atoms with van der Waals surface area (Å²) in [5, 5.41) is 0. The summed E-state index contributed by atoms with van der Waals surface area (Å²) in [6.45, 7) is 11.5. The maximum Gasteiger partial charge on any atom is 0.306 e. The number of esters is 3. The van der Waals surface area contributed by atoms with Gasteiger partial charge in [-0.15, -0.1) is 0 Å². The molecule has 398 valence electrons. The van der Waals surface area contributed by atoms with E-state index in [-0.39, 0.29) is 31.1 Å². The van der Waals surface area contributed by atoms with Gasteiger partial charge in [0.15, 0.2) is 6.10 Å². The Balaban J connectivity index is 4.29. The summed E-state index contributed by atoms with van der Waals surface area (Å²) in [6, 6.07) is 0. The average Bonchev–Trinajstić information content (AvgIpc) is 3.33. The fourth-order valence-electron chi connectivity index (χ4n) is 9.34. The van der Waals surface area contributed by atoms with Gasteiger partial charge in [-0.25, -0.2) is 0 Å². The molecule has 0 spiro atoms. The second-order valence-electron chi connectivity index (χ2n) is 21.5. The number of carbonyl (C=O) groups excluding carboxylic acids is 3. The van der Waals surface area contributed by atoms with Gasteiger partial charge < -0.3 is 14.2 Å². The largest absolute Gasteiger partial charge is 0.462 e. The number of unbranched alkanes of at least 4 members (excludes halogenated alkanes) is 38. The molecule has 0 saturated heterocycles. The fraction of sp³-hybridized carbons (Fsp3) is 0.951. The number of hydrogen-bond acceptors (Lipinski definition) is 6. The van der Waals surface area contributed by atoms with Crippen molar-refractivity contribution < 1.29 is 28.6 Å². The highest BCUT2D eigenvalue weighted by atomic mass is 16.6. The van der Waals surface area contributed by atoms with Gasteiger partial charge in [0.25, 0.3) is 0 Å². The van der Waals surface area contributed by atoms with E-state index < -0.39 is 6.10 Å². The number of hydrogen-bond donors (Lipinski definition) is 0. The molecule has 0 aromatic carbocycles. The lowest BCUT2D eigenvalue weighted by Crippen LogP contribution is -2.30. The van der Waals surface area contributed by atoms with Crippen molar-refractivity contribution in [2.45, 2.75) is 349 Å². The first-order valence-electron chi connectivity index (χ1n) is 30.3. The summed E-state index contributed by atoms with van der Waals surface area (Å²) < 4.78 is 16.9. The molecule has 0 saturated carbocycles. The minimum absolute atomic E-state index is 0.0623. The van der Waals surface area contributed by atoms with Crippen LogP contribution in [0, 0.1) is 11.8 Å². The van der Waals surface area contributed by atoms with Gasteiger partial charge in [0.1, 0.15) is 13.2 Å². The third kappa shape index (κ3) is 52.1. The van der Waals surface area contributed by atoms with E-state index in [1.807, 2.05) is 0 Å². The average molecular weight is 948 g/mol. The minimum Gasteiger partial charge on any atom is -0.462 e. The van der Waals surface area contributed by atoms with Crippen molar-refractivity contribution in [3.8, 4) is 0 Å². The monoisotopic (exact) mass is 947 g/mol. The van der Waals surface area contributed by atoms with Crippen LogP contribution in [0.15, 0.2) is 0 Å². The number of carbonyl (C=O) groups is 3. The zero-order valence-electron chi connectivity index (χ0n) is 46.0. The molecule has 0 aliphatic heterocycles. The van der Waals surface area contributed by atoms with Crippen molar-refractivity contribution in [2.24, 2.45) is 11.8 Å². The Morgan fingerprint density at radius 3 is 0.776 bits per heavy atom. The Bertz CT molecular complexity index is 1030. The first kappa shape index (κ1) is 65.4. The lowest BCUT2D eigenvalue weighted by molar-refractivity contribution is -0.167. The van der Waals surface area contributed by atoms with E-state index in [0.717, 1.165) is 69.6 Å². The van der Waals surface area contributed by atoms with Crippen molar-refractivity contribution in [3.63, 3.8) is 0 Å². The lowest BCUT2D eigenvalue weighted by atomic mass is 9.99. The maximum absolute atomic E-state index is 12.9. The van der Waals surface area contributed by atoms with Gasteiger partial charge in [0, 0.05) is 19.3 Å². The lowest BCUT2D eigenvalue weighted by Gasteiger charge is -2.18. The van der Waals surface area contributed by atoms with E-state index in [4.69, 9.17) is 14.2 Å². The molecular weight excluding hydrogens is 829 g/mol. The molecule has 0 aromatic heterocycles. The highest BCUT2D eigenvalue weighted by Gasteiger charge is 2.19.